The van der Waals surface area contributed by atoms with Crippen molar-refractivity contribution in [2.45, 2.75) is 41.8 Å². The fourth-order valence-electron chi connectivity index (χ4n) is 3.41. The van der Waals surface area contributed by atoms with Gasteiger partial charge in [-0.2, -0.15) is 23.5 Å². The molecule has 3 atom stereocenters. The fourth-order valence-corrected chi connectivity index (χ4v) is 4.17. The molecule has 0 saturated heterocycles. The number of halogens is 3. The number of aromatic nitrogens is 2. The maximum absolute atomic E-state index is 12.7. The quantitative estimate of drug-likeness (QED) is 0.623. The fraction of sp³-hybridized carbons (Fsp3) is 0.389. The number of sulfone groups is 1. The van der Waals surface area contributed by atoms with Crippen LogP contribution < -0.4 is 11.1 Å². The lowest BCUT2D eigenvalue weighted by Crippen LogP contribution is -2.29. The first-order valence-corrected chi connectivity index (χ1v) is 10.6. The summed E-state index contributed by atoms with van der Waals surface area (Å²) < 4.78 is 62.3. The Kier molecular flexibility index (Phi) is 5.97. The number of nitrogens with zero attached hydrogens (tertiary/aromatic N) is 3. The SMILES string of the molecule is N#C[C@H]1CC(O)CC[C@@H]1n1cc(C(N)=O)c(Nc2ccc(S(=O)(=O)C(F)(F)F)cc2)n1. The molecule has 1 aliphatic rings. The second kappa shape index (κ2) is 8.20. The number of carbonyl (C=O) groups excluding carboxylic acids is 1. The number of hydrogen-bond donors (Lipinski definition) is 3. The van der Waals surface area contributed by atoms with Gasteiger partial charge in [-0.05, 0) is 43.5 Å². The highest BCUT2D eigenvalue weighted by Gasteiger charge is 2.46. The van der Waals surface area contributed by atoms with E-state index < -0.39 is 44.2 Å². The van der Waals surface area contributed by atoms with Crippen molar-refractivity contribution in [3.8, 4) is 6.07 Å². The van der Waals surface area contributed by atoms with Crippen LogP contribution in [0.3, 0.4) is 0 Å². The smallest absolute Gasteiger partial charge is 0.393 e. The van der Waals surface area contributed by atoms with Gasteiger partial charge in [0.05, 0.1) is 29.0 Å². The molecular weight excluding hydrogens is 439 g/mol. The van der Waals surface area contributed by atoms with E-state index in [9.17, 15) is 36.8 Å². The van der Waals surface area contributed by atoms with Crippen LogP contribution in [0.2, 0.25) is 0 Å². The van der Waals surface area contributed by atoms with Gasteiger partial charge < -0.3 is 16.2 Å². The number of anilines is 2. The molecule has 1 aromatic carbocycles. The molecule has 0 spiro atoms. The van der Waals surface area contributed by atoms with Gasteiger partial charge in [-0.3, -0.25) is 9.48 Å². The van der Waals surface area contributed by atoms with Crippen LogP contribution in [-0.4, -0.2) is 40.8 Å². The number of nitriles is 1. The van der Waals surface area contributed by atoms with Crippen molar-refractivity contribution in [3.63, 3.8) is 0 Å². The Morgan fingerprint density at radius 3 is 2.48 bits per heavy atom. The molecule has 0 radical (unpaired) electrons. The summed E-state index contributed by atoms with van der Waals surface area (Å²) in [4.78, 5) is 10.9. The van der Waals surface area contributed by atoms with Crippen LogP contribution in [0.5, 0.6) is 0 Å². The summed E-state index contributed by atoms with van der Waals surface area (Å²) in [7, 11) is -5.48. The van der Waals surface area contributed by atoms with E-state index in [2.05, 4.69) is 16.5 Å². The van der Waals surface area contributed by atoms with Crippen LogP contribution in [0.15, 0.2) is 35.4 Å². The topological polar surface area (TPSA) is 151 Å². The summed E-state index contributed by atoms with van der Waals surface area (Å²) in [6.07, 6.45) is 1.91. The number of aliphatic hydroxyl groups is 1. The molecule has 3 rings (SSSR count). The zero-order valence-corrected chi connectivity index (χ0v) is 16.7. The van der Waals surface area contributed by atoms with Crippen molar-refractivity contribution in [1.29, 1.82) is 5.26 Å². The van der Waals surface area contributed by atoms with E-state index in [1.807, 2.05) is 0 Å². The minimum atomic E-state index is -5.48. The first kappa shape index (κ1) is 22.6. The number of alkyl halides is 3. The van der Waals surface area contributed by atoms with E-state index >= 15 is 0 Å². The second-order valence-electron chi connectivity index (χ2n) is 7.10. The minimum absolute atomic E-state index is 0.00161. The van der Waals surface area contributed by atoms with E-state index in [1.165, 1.54) is 10.9 Å². The van der Waals surface area contributed by atoms with Gasteiger partial charge in [-0.25, -0.2) is 8.42 Å². The summed E-state index contributed by atoms with van der Waals surface area (Å²) >= 11 is 0. The number of carbonyl (C=O) groups is 1. The Morgan fingerprint density at radius 1 is 1.29 bits per heavy atom. The molecule has 1 unspecified atom stereocenters. The molecule has 1 saturated carbocycles. The van der Waals surface area contributed by atoms with Crippen molar-refractivity contribution in [2.75, 3.05) is 5.32 Å². The van der Waals surface area contributed by atoms with Crippen molar-refractivity contribution >= 4 is 27.2 Å². The monoisotopic (exact) mass is 457 g/mol. The Hall–Kier alpha value is -3.11. The molecule has 2 aromatic rings. The highest BCUT2D eigenvalue weighted by Crippen LogP contribution is 2.35. The molecule has 1 fully saturated rings. The Bertz CT molecular complexity index is 1120. The van der Waals surface area contributed by atoms with Crippen molar-refractivity contribution in [3.05, 3.63) is 36.0 Å². The number of amides is 1. The number of benzene rings is 1. The molecule has 9 nitrogen and oxygen atoms in total. The maximum atomic E-state index is 12.7. The van der Waals surface area contributed by atoms with Crippen LogP contribution >= 0.6 is 0 Å². The third-order valence-electron chi connectivity index (χ3n) is 5.02. The summed E-state index contributed by atoms with van der Waals surface area (Å²) in [6, 6.07) is 5.46. The molecule has 0 bridgehead atoms. The van der Waals surface area contributed by atoms with Gasteiger partial charge in [0.15, 0.2) is 5.82 Å². The predicted octanol–water partition coefficient (Wildman–Crippen LogP) is 2.24. The predicted molar refractivity (Wildman–Crippen MR) is 102 cm³/mol. The van der Waals surface area contributed by atoms with Crippen molar-refractivity contribution in [1.82, 2.24) is 9.78 Å². The van der Waals surface area contributed by atoms with E-state index in [1.54, 1.807) is 0 Å². The van der Waals surface area contributed by atoms with Crippen LogP contribution in [-0.2, 0) is 9.84 Å². The lowest BCUT2D eigenvalue weighted by atomic mass is 9.84. The van der Waals surface area contributed by atoms with Gasteiger partial charge >= 0.3 is 5.51 Å². The lowest BCUT2D eigenvalue weighted by molar-refractivity contribution is -0.0436. The average molecular weight is 457 g/mol. The van der Waals surface area contributed by atoms with Crippen LogP contribution in [0, 0.1) is 17.2 Å². The van der Waals surface area contributed by atoms with Gasteiger partial charge in [-0.1, -0.05) is 0 Å². The third kappa shape index (κ3) is 4.49. The number of hydrogen-bond acceptors (Lipinski definition) is 7. The number of aliphatic hydroxyl groups excluding tert-OH is 1. The van der Waals surface area contributed by atoms with Gasteiger partial charge in [0.1, 0.15) is 5.56 Å². The number of nitrogens with two attached hydrogens (primary N) is 1. The molecule has 0 aliphatic heterocycles. The first-order chi connectivity index (χ1) is 14.4. The number of nitrogens with one attached hydrogen (secondary N) is 1. The number of rotatable bonds is 5. The molecule has 1 heterocycles. The Balaban J connectivity index is 1.88. The van der Waals surface area contributed by atoms with Crippen LogP contribution in [0.4, 0.5) is 24.7 Å². The summed E-state index contributed by atoms with van der Waals surface area (Å²) in [6.45, 7) is 0. The Morgan fingerprint density at radius 2 is 1.94 bits per heavy atom. The van der Waals surface area contributed by atoms with Crippen molar-refractivity contribution in [2.24, 2.45) is 11.7 Å². The molecular formula is C18H18F3N5O4S. The van der Waals surface area contributed by atoms with E-state index in [4.69, 9.17) is 5.73 Å². The molecule has 1 aromatic heterocycles. The Labute approximate surface area is 175 Å². The lowest BCUT2D eigenvalue weighted by Gasteiger charge is -2.30. The van der Waals surface area contributed by atoms with E-state index in [0.29, 0.717) is 12.8 Å². The molecule has 166 valence electrons. The molecule has 1 aliphatic carbocycles. The van der Waals surface area contributed by atoms with Gasteiger partial charge in [0.25, 0.3) is 15.7 Å². The third-order valence-corrected chi connectivity index (χ3v) is 6.52. The molecule has 13 heteroatoms. The van der Waals surface area contributed by atoms with Crippen LogP contribution in [0.1, 0.15) is 35.7 Å². The standard InChI is InChI=1S/C18H18F3N5O4S/c19-18(20,21)31(29,30)13-4-1-11(2-5-13)24-17-14(16(23)28)9-26(25-17)15-6-3-12(27)7-10(15)8-22/h1-2,4-5,9-10,12,15,27H,3,6-7H2,(H2,23,28)(H,24,25)/t10-,12?,15+/m1/s1. The highest BCUT2D eigenvalue weighted by molar-refractivity contribution is 7.92. The van der Waals surface area contributed by atoms with Gasteiger partial charge in [-0.15, -0.1) is 0 Å². The molecule has 31 heavy (non-hydrogen) atoms. The normalized spacial score (nSPS) is 22.0. The van der Waals surface area contributed by atoms with Gasteiger partial charge in [0.2, 0.25) is 0 Å². The van der Waals surface area contributed by atoms with Crippen LogP contribution in [0.25, 0.3) is 0 Å². The molecule has 4 N–H and O–H groups in total. The second-order valence-corrected chi connectivity index (χ2v) is 9.05. The highest BCUT2D eigenvalue weighted by atomic mass is 32.2. The zero-order chi connectivity index (χ0) is 23.0. The summed E-state index contributed by atoms with van der Waals surface area (Å²) in [5.41, 5.74) is 0.114. The first-order valence-electron chi connectivity index (χ1n) is 9.09. The molecule has 1 amide bonds. The minimum Gasteiger partial charge on any atom is -0.393 e. The van der Waals surface area contributed by atoms with Crippen molar-refractivity contribution < 1.29 is 31.5 Å². The van der Waals surface area contributed by atoms with Gasteiger partial charge in [0, 0.05) is 11.9 Å². The van der Waals surface area contributed by atoms with E-state index in [0.717, 1.165) is 24.3 Å². The average Bonchev–Trinajstić information content (AvgIpc) is 3.11. The van der Waals surface area contributed by atoms with E-state index in [-0.39, 0.29) is 23.5 Å². The number of primary amides is 1. The summed E-state index contributed by atoms with van der Waals surface area (Å²) in [5.74, 6) is -1.36. The largest absolute Gasteiger partial charge is 0.501 e. The maximum Gasteiger partial charge on any atom is 0.501 e. The zero-order valence-electron chi connectivity index (χ0n) is 15.9. The summed E-state index contributed by atoms with van der Waals surface area (Å²) in [5, 5.41) is 26.1.